The highest BCUT2D eigenvalue weighted by Gasteiger charge is 2.21. The van der Waals surface area contributed by atoms with Crippen LogP contribution in [0.4, 0.5) is 14.6 Å². The molecule has 0 atom stereocenters. The number of piperidine rings is 1. The molecule has 1 aromatic carbocycles. The topological polar surface area (TPSA) is 52.6 Å². The summed E-state index contributed by atoms with van der Waals surface area (Å²) in [6.07, 6.45) is 3.78. The van der Waals surface area contributed by atoms with Crippen LogP contribution in [-0.4, -0.2) is 37.1 Å². The quantitative estimate of drug-likeness (QED) is 0.639. The summed E-state index contributed by atoms with van der Waals surface area (Å²) in [7, 11) is 1.67. The average Bonchev–Trinajstić information content (AvgIpc) is 2.68. The zero-order valence-electron chi connectivity index (χ0n) is 15.7. The van der Waals surface area contributed by atoms with Gasteiger partial charge in [-0.05, 0) is 49.6 Å². The van der Waals surface area contributed by atoms with Gasteiger partial charge in [0, 0.05) is 44.5 Å². The Bertz CT molecular complexity index is 783. The maximum absolute atomic E-state index is 13.7. The van der Waals surface area contributed by atoms with Crippen molar-refractivity contribution < 1.29 is 8.78 Å². The molecule has 0 spiro atoms. The Hall–Kier alpha value is -2.70. The SMILES string of the molecule is CN=C(NCc1cc(F)ccc1F)NC1CCN(c2ccc(C)cn2)CC1. The number of guanidine groups is 1. The lowest BCUT2D eigenvalue weighted by atomic mass is 10.1. The molecule has 0 amide bonds. The normalized spacial score (nSPS) is 15.7. The lowest BCUT2D eigenvalue weighted by Crippen LogP contribution is -2.48. The van der Waals surface area contributed by atoms with Crippen molar-refractivity contribution in [1.29, 1.82) is 0 Å². The Balaban J connectivity index is 1.49. The zero-order chi connectivity index (χ0) is 19.2. The highest BCUT2D eigenvalue weighted by Crippen LogP contribution is 2.18. The van der Waals surface area contributed by atoms with E-state index < -0.39 is 11.6 Å². The van der Waals surface area contributed by atoms with Crippen molar-refractivity contribution in [3.8, 4) is 0 Å². The van der Waals surface area contributed by atoms with E-state index in [4.69, 9.17) is 0 Å². The molecule has 3 rings (SSSR count). The Labute approximate surface area is 158 Å². The van der Waals surface area contributed by atoms with E-state index in [1.165, 1.54) is 6.07 Å². The van der Waals surface area contributed by atoms with Gasteiger partial charge in [-0.25, -0.2) is 13.8 Å². The maximum atomic E-state index is 13.7. The number of aliphatic imine (C=N–C) groups is 1. The minimum Gasteiger partial charge on any atom is -0.356 e. The third-order valence-corrected chi connectivity index (χ3v) is 4.73. The first-order valence-corrected chi connectivity index (χ1v) is 9.14. The van der Waals surface area contributed by atoms with Crippen LogP contribution in [0.5, 0.6) is 0 Å². The minimum atomic E-state index is -0.451. The van der Waals surface area contributed by atoms with Gasteiger partial charge in [0.25, 0.3) is 0 Å². The summed E-state index contributed by atoms with van der Waals surface area (Å²) in [6, 6.07) is 7.85. The number of benzene rings is 1. The first-order valence-electron chi connectivity index (χ1n) is 9.14. The van der Waals surface area contributed by atoms with E-state index in [1.54, 1.807) is 7.05 Å². The summed E-state index contributed by atoms with van der Waals surface area (Å²) in [4.78, 5) is 10.9. The second kappa shape index (κ2) is 8.79. The molecule has 1 saturated heterocycles. The molecular weight excluding hydrogens is 348 g/mol. The molecule has 1 aliphatic heterocycles. The fraction of sp³-hybridized carbons (Fsp3) is 0.400. The second-order valence-electron chi connectivity index (χ2n) is 6.76. The number of rotatable bonds is 4. The molecule has 0 unspecified atom stereocenters. The van der Waals surface area contributed by atoms with Gasteiger partial charge in [-0.2, -0.15) is 0 Å². The van der Waals surface area contributed by atoms with Gasteiger partial charge in [-0.3, -0.25) is 4.99 Å². The molecule has 2 N–H and O–H groups in total. The monoisotopic (exact) mass is 373 g/mol. The van der Waals surface area contributed by atoms with Crippen LogP contribution in [0.15, 0.2) is 41.5 Å². The molecule has 2 aromatic rings. The van der Waals surface area contributed by atoms with Gasteiger partial charge in [0.15, 0.2) is 5.96 Å². The largest absolute Gasteiger partial charge is 0.356 e. The number of anilines is 1. The standard InChI is InChI=1S/C20H25F2N5/c1-14-3-6-19(24-12-14)27-9-7-17(8-10-27)26-20(23-2)25-13-15-11-16(21)4-5-18(15)22/h3-6,11-12,17H,7-10,13H2,1-2H3,(H2,23,25,26). The van der Waals surface area contributed by atoms with E-state index >= 15 is 0 Å². The van der Waals surface area contributed by atoms with Gasteiger partial charge in [0.05, 0.1) is 0 Å². The molecule has 2 heterocycles. The maximum Gasteiger partial charge on any atom is 0.191 e. The Morgan fingerprint density at radius 1 is 1.22 bits per heavy atom. The number of aryl methyl sites for hydroxylation is 1. The molecule has 1 aromatic heterocycles. The van der Waals surface area contributed by atoms with E-state index in [-0.39, 0.29) is 18.2 Å². The van der Waals surface area contributed by atoms with Gasteiger partial charge in [-0.1, -0.05) is 6.07 Å². The van der Waals surface area contributed by atoms with Crippen LogP contribution in [-0.2, 0) is 6.54 Å². The molecule has 27 heavy (non-hydrogen) atoms. The fourth-order valence-corrected chi connectivity index (χ4v) is 3.15. The van der Waals surface area contributed by atoms with Crippen LogP contribution in [0.3, 0.4) is 0 Å². The molecule has 1 fully saturated rings. The minimum absolute atomic E-state index is 0.176. The van der Waals surface area contributed by atoms with Crippen molar-refractivity contribution in [1.82, 2.24) is 15.6 Å². The number of hydrogen-bond donors (Lipinski definition) is 2. The summed E-state index contributed by atoms with van der Waals surface area (Å²) < 4.78 is 27.0. The van der Waals surface area contributed by atoms with Crippen LogP contribution in [0.25, 0.3) is 0 Å². The van der Waals surface area contributed by atoms with Gasteiger partial charge < -0.3 is 15.5 Å². The first kappa shape index (κ1) is 19.1. The predicted molar refractivity (Wildman–Crippen MR) is 104 cm³/mol. The van der Waals surface area contributed by atoms with Crippen LogP contribution in [0.2, 0.25) is 0 Å². The molecule has 5 nitrogen and oxygen atoms in total. The average molecular weight is 373 g/mol. The summed E-state index contributed by atoms with van der Waals surface area (Å²) in [6.45, 7) is 4.02. The van der Waals surface area contributed by atoms with E-state index in [2.05, 4.69) is 37.6 Å². The van der Waals surface area contributed by atoms with Gasteiger partial charge in [0.1, 0.15) is 17.5 Å². The summed E-state index contributed by atoms with van der Waals surface area (Å²) >= 11 is 0. The van der Waals surface area contributed by atoms with Crippen molar-refractivity contribution in [2.45, 2.75) is 32.4 Å². The lowest BCUT2D eigenvalue weighted by molar-refractivity contribution is 0.459. The van der Waals surface area contributed by atoms with Crippen LogP contribution >= 0.6 is 0 Å². The third-order valence-electron chi connectivity index (χ3n) is 4.73. The number of hydrogen-bond acceptors (Lipinski definition) is 3. The van der Waals surface area contributed by atoms with E-state index in [0.717, 1.165) is 49.4 Å². The fourth-order valence-electron chi connectivity index (χ4n) is 3.15. The summed E-state index contributed by atoms with van der Waals surface area (Å²) in [5.41, 5.74) is 1.43. The van der Waals surface area contributed by atoms with E-state index in [1.807, 2.05) is 13.1 Å². The van der Waals surface area contributed by atoms with Gasteiger partial charge in [0.2, 0.25) is 0 Å². The highest BCUT2D eigenvalue weighted by atomic mass is 19.1. The Kier molecular flexibility index (Phi) is 6.21. The molecule has 1 aliphatic rings. The Morgan fingerprint density at radius 3 is 2.67 bits per heavy atom. The third kappa shape index (κ3) is 5.15. The lowest BCUT2D eigenvalue weighted by Gasteiger charge is -2.33. The number of nitrogens with zero attached hydrogens (tertiary/aromatic N) is 3. The first-order chi connectivity index (χ1) is 13.0. The molecular formula is C20H25F2N5. The summed E-state index contributed by atoms with van der Waals surface area (Å²) in [5, 5.41) is 6.42. The summed E-state index contributed by atoms with van der Waals surface area (Å²) in [5.74, 6) is 0.709. The van der Waals surface area contributed by atoms with E-state index in [9.17, 15) is 8.78 Å². The Morgan fingerprint density at radius 2 is 2.00 bits per heavy atom. The van der Waals surface area contributed by atoms with Gasteiger partial charge in [-0.15, -0.1) is 0 Å². The van der Waals surface area contributed by atoms with Crippen molar-refractivity contribution >= 4 is 11.8 Å². The van der Waals surface area contributed by atoms with Gasteiger partial charge >= 0.3 is 0 Å². The van der Waals surface area contributed by atoms with Crippen molar-refractivity contribution in [3.05, 3.63) is 59.3 Å². The predicted octanol–water partition coefficient (Wildman–Crippen LogP) is 3.00. The molecule has 0 bridgehead atoms. The van der Waals surface area contributed by atoms with Crippen molar-refractivity contribution in [2.75, 3.05) is 25.0 Å². The molecule has 0 aliphatic carbocycles. The number of halogens is 2. The molecule has 7 heteroatoms. The van der Waals surface area contributed by atoms with Crippen LogP contribution < -0.4 is 15.5 Å². The van der Waals surface area contributed by atoms with Crippen LogP contribution in [0, 0.1) is 18.6 Å². The molecule has 144 valence electrons. The smallest absolute Gasteiger partial charge is 0.191 e. The molecule has 0 saturated carbocycles. The zero-order valence-corrected chi connectivity index (χ0v) is 15.7. The van der Waals surface area contributed by atoms with Crippen molar-refractivity contribution in [3.63, 3.8) is 0 Å². The number of nitrogens with one attached hydrogen (secondary N) is 2. The second-order valence-corrected chi connectivity index (χ2v) is 6.76. The highest BCUT2D eigenvalue weighted by molar-refractivity contribution is 5.80. The van der Waals surface area contributed by atoms with Crippen molar-refractivity contribution in [2.24, 2.45) is 4.99 Å². The number of aromatic nitrogens is 1. The van der Waals surface area contributed by atoms with E-state index in [0.29, 0.717) is 5.96 Å². The number of pyridine rings is 1. The van der Waals surface area contributed by atoms with Crippen LogP contribution in [0.1, 0.15) is 24.0 Å². The molecule has 0 radical (unpaired) electrons.